The van der Waals surface area contributed by atoms with Gasteiger partial charge >= 0.3 is 12.1 Å². The maximum Gasteiger partial charge on any atom is 0.410 e. The van der Waals surface area contributed by atoms with E-state index in [1.165, 1.54) is 23.0 Å². The molecule has 0 aromatic heterocycles. The number of rotatable bonds is 4. The van der Waals surface area contributed by atoms with Crippen LogP contribution in [0.2, 0.25) is 0 Å². The number of halogens is 1. The van der Waals surface area contributed by atoms with Crippen LogP contribution in [0.4, 0.5) is 14.9 Å². The van der Waals surface area contributed by atoms with Crippen LogP contribution in [0, 0.1) is 11.7 Å². The summed E-state index contributed by atoms with van der Waals surface area (Å²) in [6.07, 6.45) is 7.12. The molecule has 11 heteroatoms. The normalized spacial score (nSPS) is 28.8. The first kappa shape index (κ1) is 30.6. The molecule has 10 nitrogen and oxygen atoms in total. The lowest BCUT2D eigenvalue weighted by Gasteiger charge is -2.30. The molecule has 2 aromatic carbocycles. The minimum absolute atomic E-state index is 0.0132. The number of methoxy groups -OCH3 is 1. The molecule has 6 rings (SSSR count). The van der Waals surface area contributed by atoms with Gasteiger partial charge in [-0.3, -0.25) is 14.5 Å². The molecule has 3 heterocycles. The van der Waals surface area contributed by atoms with Gasteiger partial charge < -0.3 is 25.0 Å². The minimum atomic E-state index is -1.20. The number of nitrogens with one attached hydrogen (secondary N) is 2. The maximum atomic E-state index is 14.3. The number of nitrogens with zero attached hydrogens (tertiary/aromatic N) is 2. The van der Waals surface area contributed by atoms with Crippen LogP contribution in [0.1, 0.15) is 56.1 Å². The summed E-state index contributed by atoms with van der Waals surface area (Å²) in [4.78, 5) is 57.2. The van der Waals surface area contributed by atoms with Crippen molar-refractivity contribution in [2.24, 2.45) is 5.92 Å². The van der Waals surface area contributed by atoms with Gasteiger partial charge in [-0.2, -0.15) is 0 Å². The standard InChI is InChI=1S/C34H39FN4O6/c1-44-32(42)34-18-23(34)12-6-3-2-4-9-16-28(36-24-13-7-5-8-14-24)31(41)39-20-25(17-29(39)30(40)37-34)45-33(43)38-19-22-11-10-15-27(35)26(22)21-38/h5-8,10-15,23,25,28-29,36H,2-4,9,16-21H2,1H3,(H,37,40)/b12-6-/t23-,25+,28-,29-,34+/m0/s1. The second-order valence-corrected chi connectivity index (χ2v) is 12.4. The molecule has 3 aliphatic heterocycles. The highest BCUT2D eigenvalue weighted by molar-refractivity contribution is 5.96. The highest BCUT2D eigenvalue weighted by Crippen LogP contribution is 2.46. The number of carbonyl (C=O) groups is 4. The number of anilines is 1. The van der Waals surface area contributed by atoms with Gasteiger partial charge in [-0.05, 0) is 49.4 Å². The Balaban J connectivity index is 1.24. The molecule has 1 saturated heterocycles. The van der Waals surface area contributed by atoms with E-state index in [4.69, 9.17) is 9.47 Å². The lowest BCUT2D eigenvalue weighted by Crippen LogP contribution is -2.55. The number of esters is 1. The van der Waals surface area contributed by atoms with Crippen molar-refractivity contribution in [3.8, 4) is 0 Å². The number of ether oxygens (including phenoxy) is 2. The summed E-state index contributed by atoms with van der Waals surface area (Å²) in [6.45, 7) is 0.309. The molecule has 2 fully saturated rings. The number of amides is 3. The number of para-hydroxylation sites is 1. The quantitative estimate of drug-likeness (QED) is 0.388. The minimum Gasteiger partial charge on any atom is -0.467 e. The van der Waals surface area contributed by atoms with Crippen molar-refractivity contribution in [2.45, 2.75) is 81.8 Å². The average molecular weight is 619 g/mol. The van der Waals surface area contributed by atoms with E-state index in [-0.39, 0.29) is 43.7 Å². The Labute approximate surface area is 261 Å². The summed E-state index contributed by atoms with van der Waals surface area (Å²) >= 11 is 0. The van der Waals surface area contributed by atoms with E-state index in [0.717, 1.165) is 36.9 Å². The Morgan fingerprint density at radius 3 is 2.64 bits per heavy atom. The fourth-order valence-electron chi connectivity index (χ4n) is 6.78. The molecule has 3 amide bonds. The zero-order valence-corrected chi connectivity index (χ0v) is 25.4. The van der Waals surface area contributed by atoms with Gasteiger partial charge in [0.05, 0.1) is 20.2 Å². The monoisotopic (exact) mass is 618 g/mol. The molecule has 45 heavy (non-hydrogen) atoms. The molecule has 238 valence electrons. The second kappa shape index (κ2) is 12.9. The van der Waals surface area contributed by atoms with Crippen molar-refractivity contribution in [1.29, 1.82) is 0 Å². The molecule has 5 atom stereocenters. The van der Waals surface area contributed by atoms with E-state index < -0.39 is 41.7 Å². The molecule has 0 radical (unpaired) electrons. The van der Waals surface area contributed by atoms with E-state index in [1.54, 1.807) is 12.1 Å². The van der Waals surface area contributed by atoms with Crippen LogP contribution in [0.5, 0.6) is 0 Å². The molecule has 0 spiro atoms. The van der Waals surface area contributed by atoms with Gasteiger partial charge in [-0.1, -0.05) is 55.3 Å². The summed E-state index contributed by atoms with van der Waals surface area (Å²) in [5, 5.41) is 6.28. The maximum absolute atomic E-state index is 14.3. The van der Waals surface area contributed by atoms with E-state index in [1.807, 2.05) is 42.5 Å². The van der Waals surface area contributed by atoms with Gasteiger partial charge in [0, 0.05) is 30.1 Å². The largest absolute Gasteiger partial charge is 0.467 e. The molecule has 0 bridgehead atoms. The highest BCUT2D eigenvalue weighted by atomic mass is 19.1. The van der Waals surface area contributed by atoms with Crippen LogP contribution in [0.15, 0.2) is 60.7 Å². The summed E-state index contributed by atoms with van der Waals surface area (Å²) in [7, 11) is 1.29. The molecular formula is C34H39FN4O6. The fourth-order valence-corrected chi connectivity index (χ4v) is 6.78. The summed E-state index contributed by atoms with van der Waals surface area (Å²) in [6, 6.07) is 12.6. The molecule has 1 aliphatic carbocycles. The number of fused-ring (bicyclic) bond motifs is 3. The number of hydrogen-bond acceptors (Lipinski definition) is 7. The van der Waals surface area contributed by atoms with E-state index in [0.29, 0.717) is 18.4 Å². The molecule has 2 N–H and O–H groups in total. The Bertz CT molecular complexity index is 1480. The Kier molecular flexibility index (Phi) is 8.78. The third-order valence-corrected chi connectivity index (χ3v) is 9.36. The van der Waals surface area contributed by atoms with Gasteiger partial charge in [0.1, 0.15) is 29.5 Å². The Hall–Kier alpha value is -4.41. The third kappa shape index (κ3) is 6.39. The van der Waals surface area contributed by atoms with Crippen molar-refractivity contribution in [3.63, 3.8) is 0 Å². The predicted octanol–water partition coefficient (Wildman–Crippen LogP) is 4.30. The van der Waals surface area contributed by atoms with Crippen molar-refractivity contribution in [2.75, 3.05) is 19.0 Å². The van der Waals surface area contributed by atoms with Crippen LogP contribution in [-0.2, 0) is 36.9 Å². The topological polar surface area (TPSA) is 117 Å². The Morgan fingerprint density at radius 1 is 1.04 bits per heavy atom. The summed E-state index contributed by atoms with van der Waals surface area (Å²) in [5.74, 6) is -1.88. The first-order valence-corrected chi connectivity index (χ1v) is 15.7. The van der Waals surface area contributed by atoms with E-state index >= 15 is 0 Å². The fraction of sp³-hybridized carbons (Fsp3) is 0.471. The van der Waals surface area contributed by atoms with Gasteiger partial charge in [0.15, 0.2) is 0 Å². The lowest BCUT2D eigenvalue weighted by atomic mass is 10.0. The van der Waals surface area contributed by atoms with Crippen molar-refractivity contribution in [1.82, 2.24) is 15.1 Å². The number of carbonyl (C=O) groups excluding carboxylic acids is 4. The van der Waals surface area contributed by atoms with E-state index in [2.05, 4.69) is 10.6 Å². The number of allylic oxidation sites excluding steroid dienone is 1. The van der Waals surface area contributed by atoms with Crippen LogP contribution in [-0.4, -0.2) is 71.1 Å². The second-order valence-electron chi connectivity index (χ2n) is 12.4. The molecular weight excluding hydrogens is 579 g/mol. The summed E-state index contributed by atoms with van der Waals surface area (Å²) < 4.78 is 25.3. The number of hydrogen-bond donors (Lipinski definition) is 2. The van der Waals surface area contributed by atoms with Crippen molar-refractivity contribution >= 4 is 29.6 Å². The highest BCUT2D eigenvalue weighted by Gasteiger charge is 2.62. The van der Waals surface area contributed by atoms with Crippen molar-refractivity contribution in [3.05, 3.63) is 77.6 Å². The van der Waals surface area contributed by atoms with Gasteiger partial charge in [-0.25, -0.2) is 14.0 Å². The van der Waals surface area contributed by atoms with E-state index in [9.17, 15) is 23.6 Å². The zero-order chi connectivity index (χ0) is 31.6. The van der Waals surface area contributed by atoms with Crippen LogP contribution in [0.25, 0.3) is 0 Å². The molecule has 2 aromatic rings. The van der Waals surface area contributed by atoms with Crippen LogP contribution in [0.3, 0.4) is 0 Å². The zero-order valence-electron chi connectivity index (χ0n) is 25.4. The molecule has 0 unspecified atom stereocenters. The van der Waals surface area contributed by atoms with Gasteiger partial charge in [-0.15, -0.1) is 0 Å². The summed E-state index contributed by atoms with van der Waals surface area (Å²) in [5.41, 5.74) is 0.765. The molecule has 4 aliphatic rings. The van der Waals surface area contributed by atoms with Gasteiger partial charge in [0.2, 0.25) is 11.8 Å². The first-order valence-electron chi connectivity index (χ1n) is 15.7. The first-order chi connectivity index (χ1) is 21.8. The smallest absolute Gasteiger partial charge is 0.410 e. The Morgan fingerprint density at radius 2 is 1.87 bits per heavy atom. The van der Waals surface area contributed by atoms with Crippen molar-refractivity contribution < 1.29 is 33.0 Å². The van der Waals surface area contributed by atoms with Crippen LogP contribution >= 0.6 is 0 Å². The molecule has 1 saturated carbocycles. The number of benzene rings is 2. The SMILES string of the molecule is COC(=O)[C@@]12C[C@@H]1/C=C\CCCCC[C@H](Nc1ccccc1)C(=O)N1C[C@H](OC(=O)N3Cc4cccc(F)c4C3)C[C@H]1C(=O)N2. The third-order valence-electron chi connectivity index (χ3n) is 9.36. The van der Waals surface area contributed by atoms with Crippen LogP contribution < -0.4 is 10.6 Å². The average Bonchev–Trinajstić information content (AvgIpc) is 3.35. The lowest BCUT2D eigenvalue weighted by molar-refractivity contribution is -0.148. The predicted molar refractivity (Wildman–Crippen MR) is 163 cm³/mol. The van der Waals surface area contributed by atoms with Gasteiger partial charge in [0.25, 0.3) is 0 Å².